The fourth-order valence-electron chi connectivity index (χ4n) is 4.30. The molecule has 0 aromatic heterocycles. The van der Waals surface area contributed by atoms with E-state index in [2.05, 4.69) is 126 Å². The highest BCUT2D eigenvalue weighted by molar-refractivity contribution is 5.97. The van der Waals surface area contributed by atoms with Crippen LogP contribution in [0.5, 0.6) is 0 Å². The first kappa shape index (κ1) is 20.4. The molecule has 0 radical (unpaired) electrons. The third kappa shape index (κ3) is 3.92. The van der Waals surface area contributed by atoms with E-state index < -0.39 is 0 Å². The quantitative estimate of drug-likeness (QED) is 0.320. The second-order valence-electron chi connectivity index (χ2n) is 10.4. The van der Waals surface area contributed by atoms with Crippen LogP contribution in [0.1, 0.15) is 52.7 Å². The van der Waals surface area contributed by atoms with Gasteiger partial charge in [-0.15, -0.1) is 0 Å². The van der Waals surface area contributed by atoms with E-state index in [1.165, 1.54) is 44.2 Å². The van der Waals surface area contributed by atoms with Gasteiger partial charge in [0.15, 0.2) is 0 Å². The molecule has 0 aliphatic rings. The van der Waals surface area contributed by atoms with Crippen molar-refractivity contribution in [2.24, 2.45) is 0 Å². The van der Waals surface area contributed by atoms with Gasteiger partial charge >= 0.3 is 0 Å². The molecular formula is C30H32. The van der Waals surface area contributed by atoms with Crippen LogP contribution in [0.4, 0.5) is 0 Å². The molecule has 0 spiro atoms. The van der Waals surface area contributed by atoms with E-state index in [-0.39, 0.29) is 10.8 Å². The maximum atomic E-state index is 2.40. The molecule has 0 saturated heterocycles. The molecule has 0 N–H and O–H groups in total. The molecule has 152 valence electrons. The summed E-state index contributed by atoms with van der Waals surface area (Å²) in [6.45, 7) is 13.9. The van der Waals surface area contributed by atoms with Gasteiger partial charge < -0.3 is 0 Å². The Morgan fingerprint density at radius 2 is 0.733 bits per heavy atom. The van der Waals surface area contributed by atoms with Crippen molar-refractivity contribution >= 4 is 10.8 Å². The van der Waals surface area contributed by atoms with Crippen molar-refractivity contribution in [2.45, 2.75) is 52.4 Å². The molecule has 0 nitrogen and oxygen atoms in total. The molecule has 0 fully saturated rings. The van der Waals surface area contributed by atoms with Crippen molar-refractivity contribution in [1.82, 2.24) is 0 Å². The van der Waals surface area contributed by atoms with Gasteiger partial charge in [-0.3, -0.25) is 0 Å². The van der Waals surface area contributed by atoms with Gasteiger partial charge in [-0.1, -0.05) is 102 Å². The fraction of sp³-hybridized carbons (Fsp3) is 0.267. The lowest BCUT2D eigenvalue weighted by molar-refractivity contribution is 0.591. The molecule has 4 aromatic carbocycles. The topological polar surface area (TPSA) is 0 Å². The fourth-order valence-corrected chi connectivity index (χ4v) is 4.30. The summed E-state index contributed by atoms with van der Waals surface area (Å²) >= 11 is 0. The van der Waals surface area contributed by atoms with Crippen molar-refractivity contribution in [3.63, 3.8) is 0 Å². The second kappa shape index (κ2) is 7.43. The minimum Gasteiger partial charge on any atom is -0.0622 e. The molecule has 0 saturated carbocycles. The molecule has 30 heavy (non-hydrogen) atoms. The molecule has 0 bridgehead atoms. The van der Waals surface area contributed by atoms with E-state index in [1.807, 2.05) is 0 Å². The first-order valence-corrected chi connectivity index (χ1v) is 10.9. The molecule has 0 atom stereocenters. The summed E-state index contributed by atoms with van der Waals surface area (Å²) in [7, 11) is 0. The highest BCUT2D eigenvalue weighted by Crippen LogP contribution is 2.41. The Morgan fingerprint density at radius 3 is 1.03 bits per heavy atom. The third-order valence-electron chi connectivity index (χ3n) is 5.90. The molecular weight excluding hydrogens is 360 g/mol. The highest BCUT2D eigenvalue weighted by atomic mass is 14.3. The average molecular weight is 393 g/mol. The van der Waals surface area contributed by atoms with Crippen LogP contribution in [0, 0.1) is 0 Å². The predicted molar refractivity (Wildman–Crippen MR) is 132 cm³/mol. The summed E-state index contributed by atoms with van der Waals surface area (Å²) in [6.07, 6.45) is 0. The zero-order chi connectivity index (χ0) is 21.5. The van der Waals surface area contributed by atoms with Crippen LogP contribution in [0.3, 0.4) is 0 Å². The van der Waals surface area contributed by atoms with Gasteiger partial charge in [0.1, 0.15) is 0 Å². The molecule has 0 aliphatic heterocycles. The zero-order valence-electron chi connectivity index (χ0n) is 19.1. The lowest BCUT2D eigenvalue weighted by Gasteiger charge is -2.28. The number of benzene rings is 4. The molecule has 0 aliphatic carbocycles. The largest absolute Gasteiger partial charge is 0.0622 e. The van der Waals surface area contributed by atoms with Gasteiger partial charge in [0.25, 0.3) is 0 Å². The Morgan fingerprint density at radius 1 is 0.400 bits per heavy atom. The van der Waals surface area contributed by atoms with Gasteiger partial charge in [-0.05, 0) is 79.2 Å². The molecule has 0 unspecified atom stereocenters. The van der Waals surface area contributed by atoms with E-state index in [9.17, 15) is 0 Å². The van der Waals surface area contributed by atoms with Crippen LogP contribution in [0.25, 0.3) is 33.0 Å². The molecule has 0 heterocycles. The Hall–Kier alpha value is -2.86. The van der Waals surface area contributed by atoms with Crippen molar-refractivity contribution in [2.75, 3.05) is 0 Å². The van der Waals surface area contributed by atoms with Crippen LogP contribution >= 0.6 is 0 Å². The lowest BCUT2D eigenvalue weighted by Crippen LogP contribution is -2.15. The van der Waals surface area contributed by atoms with Crippen LogP contribution in [-0.2, 0) is 10.8 Å². The standard InChI is InChI=1S/C30H32/c1-29(2,3)27-19-23(21-13-9-7-10-14-21)18-26-25(27)17-24(20-28(26)30(4,5)6)22-15-11-8-12-16-22/h7-20H,1-6H3. The summed E-state index contributed by atoms with van der Waals surface area (Å²) in [5.41, 5.74) is 8.05. The van der Waals surface area contributed by atoms with Gasteiger partial charge in [0.05, 0.1) is 0 Å². The van der Waals surface area contributed by atoms with E-state index >= 15 is 0 Å². The van der Waals surface area contributed by atoms with Gasteiger partial charge in [0, 0.05) is 0 Å². The molecule has 4 rings (SSSR count). The molecule has 0 heteroatoms. The third-order valence-corrected chi connectivity index (χ3v) is 5.90. The van der Waals surface area contributed by atoms with Crippen LogP contribution in [0.2, 0.25) is 0 Å². The molecule has 0 amide bonds. The highest BCUT2D eigenvalue weighted by Gasteiger charge is 2.24. The van der Waals surface area contributed by atoms with E-state index in [4.69, 9.17) is 0 Å². The second-order valence-corrected chi connectivity index (χ2v) is 10.4. The maximum Gasteiger partial charge on any atom is -0.0125 e. The summed E-state index contributed by atoms with van der Waals surface area (Å²) < 4.78 is 0. The van der Waals surface area contributed by atoms with Gasteiger partial charge in [0.2, 0.25) is 0 Å². The number of rotatable bonds is 2. The average Bonchev–Trinajstić information content (AvgIpc) is 2.72. The van der Waals surface area contributed by atoms with E-state index in [0.29, 0.717) is 0 Å². The minimum absolute atomic E-state index is 0.0491. The first-order chi connectivity index (χ1) is 14.1. The Labute approximate surface area is 181 Å². The van der Waals surface area contributed by atoms with Crippen LogP contribution < -0.4 is 0 Å². The van der Waals surface area contributed by atoms with Crippen molar-refractivity contribution in [3.05, 3.63) is 96.1 Å². The van der Waals surface area contributed by atoms with Crippen LogP contribution in [0.15, 0.2) is 84.9 Å². The smallest absolute Gasteiger partial charge is 0.0125 e. The maximum absolute atomic E-state index is 2.40. The lowest BCUT2D eigenvalue weighted by atomic mass is 9.76. The Bertz CT molecular complexity index is 1070. The van der Waals surface area contributed by atoms with Crippen molar-refractivity contribution in [3.8, 4) is 22.3 Å². The van der Waals surface area contributed by atoms with Crippen molar-refractivity contribution < 1.29 is 0 Å². The summed E-state index contributed by atoms with van der Waals surface area (Å²) in [6, 6.07) is 31.1. The number of hydrogen-bond acceptors (Lipinski definition) is 0. The normalized spacial score (nSPS) is 12.3. The molecule has 4 aromatic rings. The Balaban J connectivity index is 2.12. The van der Waals surface area contributed by atoms with Gasteiger partial charge in [-0.25, -0.2) is 0 Å². The van der Waals surface area contributed by atoms with Crippen molar-refractivity contribution in [1.29, 1.82) is 0 Å². The van der Waals surface area contributed by atoms with Gasteiger partial charge in [-0.2, -0.15) is 0 Å². The van der Waals surface area contributed by atoms with Crippen LogP contribution in [-0.4, -0.2) is 0 Å². The minimum atomic E-state index is 0.0491. The summed E-state index contributed by atoms with van der Waals surface area (Å²) in [5.74, 6) is 0. The number of hydrogen-bond donors (Lipinski definition) is 0. The summed E-state index contributed by atoms with van der Waals surface area (Å²) in [4.78, 5) is 0. The zero-order valence-corrected chi connectivity index (χ0v) is 19.1. The van der Waals surface area contributed by atoms with E-state index in [0.717, 1.165) is 0 Å². The predicted octanol–water partition coefficient (Wildman–Crippen LogP) is 8.77. The SMILES string of the molecule is CC(C)(C)c1cc(-c2ccccc2)cc2c(C(C)(C)C)cc(-c3ccccc3)cc12. The number of fused-ring (bicyclic) bond motifs is 1. The monoisotopic (exact) mass is 392 g/mol. The van der Waals surface area contributed by atoms with E-state index in [1.54, 1.807) is 0 Å². The Kier molecular flexibility index (Phi) is 5.06. The first-order valence-electron chi connectivity index (χ1n) is 10.9. The summed E-state index contributed by atoms with van der Waals surface area (Å²) in [5, 5.41) is 2.74.